The van der Waals surface area contributed by atoms with Crippen molar-refractivity contribution in [2.45, 2.75) is 0 Å². The van der Waals surface area contributed by atoms with Crippen LogP contribution in [0.4, 0.5) is 11.4 Å². The van der Waals surface area contributed by atoms with Crippen molar-refractivity contribution < 1.29 is 0 Å². The topological polar surface area (TPSA) is 34.3 Å². The van der Waals surface area contributed by atoms with Crippen LogP contribution in [0.25, 0.3) is 33.5 Å². The third kappa shape index (κ3) is 2.51. The molecule has 4 aromatic carbocycles. The average Bonchev–Trinajstić information content (AvgIpc) is 3.31. The predicted octanol–water partition coefficient (Wildman–Crippen LogP) is 6.83. The van der Waals surface area contributed by atoms with E-state index < -0.39 is 0 Å². The molecule has 2 heterocycles. The molecule has 0 bridgehead atoms. The zero-order valence-electron chi connectivity index (χ0n) is 16.0. The molecule has 0 fully saturated rings. The Balaban J connectivity index is 1.73. The Morgan fingerprint density at radius 2 is 1.37 bits per heavy atom. The van der Waals surface area contributed by atoms with Gasteiger partial charge in [0.25, 0.3) is 0 Å². The largest absolute Gasteiger partial charge is 0.353 e. The number of fused-ring (bicyclic) bond motifs is 5. The van der Waals surface area contributed by atoms with Crippen LogP contribution in [0.1, 0.15) is 0 Å². The van der Waals surface area contributed by atoms with Gasteiger partial charge in [-0.15, -0.1) is 0 Å². The molecule has 4 nitrogen and oxygen atoms in total. The van der Waals surface area contributed by atoms with Crippen LogP contribution in [0.5, 0.6) is 0 Å². The van der Waals surface area contributed by atoms with Crippen LogP contribution in [-0.2, 0) is 0 Å². The van der Waals surface area contributed by atoms with Gasteiger partial charge in [-0.25, -0.2) is 4.98 Å². The molecule has 0 amide bonds. The molecular formula is C25H17ClN4. The van der Waals surface area contributed by atoms with Crippen LogP contribution < -0.4 is 5.32 Å². The third-order valence-corrected chi connectivity index (χ3v) is 5.71. The van der Waals surface area contributed by atoms with Crippen LogP contribution in [0.15, 0.2) is 97.1 Å². The molecule has 0 aliphatic heterocycles. The number of halogens is 1. The second-order valence-electron chi connectivity index (χ2n) is 7.19. The van der Waals surface area contributed by atoms with E-state index in [1.807, 2.05) is 54.6 Å². The van der Waals surface area contributed by atoms with Crippen molar-refractivity contribution in [1.29, 1.82) is 0 Å². The molecule has 0 aliphatic rings. The number of anilines is 2. The Morgan fingerprint density at radius 1 is 0.667 bits per heavy atom. The Bertz CT molecular complexity index is 1530. The van der Waals surface area contributed by atoms with E-state index in [1.165, 1.54) is 0 Å². The molecule has 0 unspecified atom stereocenters. The lowest BCUT2D eigenvalue weighted by Gasteiger charge is -2.12. The Morgan fingerprint density at radius 3 is 2.23 bits per heavy atom. The molecule has 0 saturated heterocycles. The smallest absolute Gasteiger partial charge is 0.220 e. The molecule has 144 valence electrons. The van der Waals surface area contributed by atoms with Gasteiger partial charge in [-0.1, -0.05) is 60.1 Å². The number of hydrogen-bond acceptors (Lipinski definition) is 2. The van der Waals surface area contributed by atoms with Gasteiger partial charge < -0.3 is 5.32 Å². The number of hydrogen-bond donors (Lipinski definition) is 1. The minimum Gasteiger partial charge on any atom is -0.353 e. The van der Waals surface area contributed by atoms with Crippen molar-refractivity contribution >= 4 is 50.8 Å². The van der Waals surface area contributed by atoms with Crippen LogP contribution in [0, 0.1) is 0 Å². The molecule has 0 radical (unpaired) electrons. The summed E-state index contributed by atoms with van der Waals surface area (Å²) < 4.78 is 4.42. The highest BCUT2D eigenvalue weighted by Crippen LogP contribution is 2.35. The Labute approximate surface area is 178 Å². The third-order valence-electron chi connectivity index (χ3n) is 5.38. The lowest BCUT2D eigenvalue weighted by Crippen LogP contribution is -1.98. The van der Waals surface area contributed by atoms with E-state index in [0.29, 0.717) is 5.02 Å². The summed E-state index contributed by atoms with van der Waals surface area (Å²) in [6, 6.07) is 32.6. The molecular weight excluding hydrogens is 392 g/mol. The first-order chi connectivity index (χ1) is 14.8. The minimum absolute atomic E-state index is 0.683. The lowest BCUT2D eigenvalue weighted by atomic mass is 10.2. The van der Waals surface area contributed by atoms with Crippen molar-refractivity contribution in [2.24, 2.45) is 0 Å². The van der Waals surface area contributed by atoms with Crippen molar-refractivity contribution in [3.63, 3.8) is 0 Å². The molecule has 2 aromatic heterocycles. The number of benzene rings is 4. The van der Waals surface area contributed by atoms with Gasteiger partial charge in [0.15, 0.2) is 0 Å². The van der Waals surface area contributed by atoms with E-state index in [-0.39, 0.29) is 0 Å². The molecule has 0 spiro atoms. The van der Waals surface area contributed by atoms with E-state index in [4.69, 9.17) is 16.6 Å². The molecule has 0 atom stereocenters. The standard InChI is InChI=1S/C25H17ClN4/c26-18-11-4-5-12-19(18)27-21-14-8-16-23-24(21)29(17-9-2-1-3-10-17)25-28-20-13-6-7-15-22(20)30(23)25/h1-16,27H. The first kappa shape index (κ1) is 17.1. The van der Waals surface area contributed by atoms with Crippen molar-refractivity contribution in [3.05, 3.63) is 102 Å². The monoisotopic (exact) mass is 408 g/mol. The zero-order chi connectivity index (χ0) is 20.1. The number of rotatable bonds is 3. The molecule has 0 saturated carbocycles. The van der Waals surface area contributed by atoms with Gasteiger partial charge in [0, 0.05) is 5.69 Å². The van der Waals surface area contributed by atoms with E-state index >= 15 is 0 Å². The summed E-state index contributed by atoms with van der Waals surface area (Å²) in [6.07, 6.45) is 0. The number of aromatic nitrogens is 3. The minimum atomic E-state index is 0.683. The summed E-state index contributed by atoms with van der Waals surface area (Å²) in [5.74, 6) is 0.880. The summed E-state index contributed by atoms with van der Waals surface area (Å²) >= 11 is 6.43. The van der Waals surface area contributed by atoms with Gasteiger partial charge in [0.05, 0.1) is 38.5 Å². The molecule has 0 aliphatic carbocycles. The highest BCUT2D eigenvalue weighted by Gasteiger charge is 2.19. The summed E-state index contributed by atoms with van der Waals surface area (Å²) in [6.45, 7) is 0. The van der Waals surface area contributed by atoms with Gasteiger partial charge in [0.2, 0.25) is 5.78 Å². The van der Waals surface area contributed by atoms with E-state index in [2.05, 4.69) is 56.7 Å². The quantitative estimate of drug-likeness (QED) is 0.348. The van der Waals surface area contributed by atoms with Gasteiger partial charge in [-0.2, -0.15) is 0 Å². The van der Waals surface area contributed by atoms with Crippen molar-refractivity contribution in [1.82, 2.24) is 14.0 Å². The molecule has 6 rings (SSSR count). The van der Waals surface area contributed by atoms with Gasteiger partial charge >= 0.3 is 0 Å². The number of para-hydroxylation sites is 5. The van der Waals surface area contributed by atoms with E-state index in [9.17, 15) is 0 Å². The Hall–Kier alpha value is -3.76. The highest BCUT2D eigenvalue weighted by atomic mass is 35.5. The van der Waals surface area contributed by atoms with Crippen LogP contribution in [0.3, 0.4) is 0 Å². The predicted molar refractivity (Wildman–Crippen MR) is 124 cm³/mol. The molecule has 6 aromatic rings. The van der Waals surface area contributed by atoms with Crippen LogP contribution in [-0.4, -0.2) is 14.0 Å². The number of nitrogens with zero attached hydrogens (tertiary/aromatic N) is 3. The average molecular weight is 409 g/mol. The van der Waals surface area contributed by atoms with Crippen molar-refractivity contribution in [3.8, 4) is 5.69 Å². The van der Waals surface area contributed by atoms with Gasteiger partial charge in [-0.3, -0.25) is 8.97 Å². The summed E-state index contributed by atoms with van der Waals surface area (Å²) in [4.78, 5) is 4.97. The molecule has 5 heteroatoms. The normalized spacial score (nSPS) is 11.5. The SMILES string of the molecule is Clc1ccccc1Nc1cccc2c1n(-c1ccccc1)c1nc3ccccc3n21. The lowest BCUT2D eigenvalue weighted by molar-refractivity contribution is 1.11. The first-order valence-electron chi connectivity index (χ1n) is 9.79. The van der Waals surface area contributed by atoms with Gasteiger partial charge in [0.1, 0.15) is 0 Å². The maximum atomic E-state index is 6.43. The van der Waals surface area contributed by atoms with E-state index in [1.54, 1.807) is 0 Å². The maximum Gasteiger partial charge on any atom is 0.220 e. The Kier molecular flexibility index (Phi) is 3.79. The summed E-state index contributed by atoms with van der Waals surface area (Å²) in [5, 5.41) is 4.21. The fourth-order valence-electron chi connectivity index (χ4n) is 4.08. The fourth-order valence-corrected chi connectivity index (χ4v) is 4.26. The van der Waals surface area contributed by atoms with Crippen LogP contribution >= 0.6 is 11.6 Å². The number of nitrogens with one attached hydrogen (secondary N) is 1. The fraction of sp³-hybridized carbons (Fsp3) is 0. The highest BCUT2D eigenvalue weighted by molar-refractivity contribution is 6.33. The molecule has 30 heavy (non-hydrogen) atoms. The summed E-state index contributed by atoms with van der Waals surface area (Å²) in [5.41, 5.74) is 7.09. The van der Waals surface area contributed by atoms with Gasteiger partial charge in [-0.05, 0) is 48.5 Å². The second kappa shape index (κ2) is 6.65. The maximum absolute atomic E-state index is 6.43. The second-order valence-corrected chi connectivity index (χ2v) is 7.59. The first-order valence-corrected chi connectivity index (χ1v) is 10.2. The van der Waals surface area contributed by atoms with E-state index in [0.717, 1.165) is 44.9 Å². The molecule has 1 N–H and O–H groups in total. The number of imidazole rings is 2. The van der Waals surface area contributed by atoms with Crippen LogP contribution in [0.2, 0.25) is 5.02 Å². The zero-order valence-corrected chi connectivity index (χ0v) is 16.7. The summed E-state index contributed by atoms with van der Waals surface area (Å²) in [7, 11) is 0. The van der Waals surface area contributed by atoms with Crippen molar-refractivity contribution in [2.75, 3.05) is 5.32 Å².